The highest BCUT2D eigenvalue weighted by Crippen LogP contribution is 2.34. The molecule has 6 nitrogen and oxygen atoms in total. The second-order valence-electron chi connectivity index (χ2n) is 7.94. The van der Waals surface area contributed by atoms with Gasteiger partial charge in [-0.15, -0.1) is 0 Å². The highest BCUT2D eigenvalue weighted by Gasteiger charge is 2.25. The highest BCUT2D eigenvalue weighted by atomic mass is 16.6. The first-order valence-corrected chi connectivity index (χ1v) is 10.5. The highest BCUT2D eigenvalue weighted by molar-refractivity contribution is 5.63. The molecule has 1 N–H and O–H groups in total. The monoisotopic (exact) mass is 417 g/mol. The van der Waals surface area contributed by atoms with E-state index >= 15 is 0 Å². The number of ether oxygens (including phenoxy) is 1. The molecule has 1 fully saturated rings. The van der Waals surface area contributed by atoms with Gasteiger partial charge in [0.1, 0.15) is 11.4 Å². The van der Waals surface area contributed by atoms with E-state index in [2.05, 4.69) is 34.5 Å². The van der Waals surface area contributed by atoms with Gasteiger partial charge in [0.2, 0.25) is 0 Å². The molecule has 6 heteroatoms. The van der Waals surface area contributed by atoms with Gasteiger partial charge >= 0.3 is 0 Å². The summed E-state index contributed by atoms with van der Waals surface area (Å²) in [5.41, 5.74) is 4.18. The molecule has 1 atom stereocenters. The van der Waals surface area contributed by atoms with E-state index in [9.17, 15) is 10.1 Å². The molecule has 1 aliphatic rings. The van der Waals surface area contributed by atoms with E-state index in [1.807, 2.05) is 42.5 Å². The van der Waals surface area contributed by atoms with Gasteiger partial charge in [0.05, 0.1) is 12.0 Å². The number of nitro groups is 1. The summed E-state index contributed by atoms with van der Waals surface area (Å²) in [5.74, 6) is 1.17. The van der Waals surface area contributed by atoms with E-state index in [0.717, 1.165) is 42.9 Å². The Balaban J connectivity index is 1.45. The third kappa shape index (κ3) is 5.22. The third-order valence-corrected chi connectivity index (χ3v) is 5.85. The first-order valence-electron chi connectivity index (χ1n) is 10.5. The number of rotatable bonds is 8. The number of benzene rings is 3. The summed E-state index contributed by atoms with van der Waals surface area (Å²) in [7, 11) is 1.63. The van der Waals surface area contributed by atoms with Gasteiger partial charge in [0.15, 0.2) is 0 Å². The third-order valence-electron chi connectivity index (χ3n) is 5.85. The minimum Gasteiger partial charge on any atom is -0.497 e. The van der Waals surface area contributed by atoms with Crippen LogP contribution in [0, 0.1) is 10.1 Å². The van der Waals surface area contributed by atoms with Gasteiger partial charge in [-0.25, -0.2) is 0 Å². The molecular weight excluding hydrogens is 390 g/mol. The number of anilines is 1. The minimum atomic E-state index is -0.323. The second-order valence-corrected chi connectivity index (χ2v) is 7.94. The van der Waals surface area contributed by atoms with Crippen molar-refractivity contribution >= 4 is 11.4 Å². The SMILES string of the molecule is COc1ccc(CNc2cc(C3CCN(Cc4ccccc4)C3)ccc2[N+](=O)[O-])cc1. The lowest BCUT2D eigenvalue weighted by molar-refractivity contribution is -0.384. The zero-order chi connectivity index (χ0) is 21.6. The summed E-state index contributed by atoms with van der Waals surface area (Å²) in [4.78, 5) is 13.7. The predicted octanol–water partition coefficient (Wildman–Crippen LogP) is 5.21. The van der Waals surface area contributed by atoms with E-state index in [1.54, 1.807) is 13.2 Å². The number of hydrogen-bond acceptors (Lipinski definition) is 5. The maximum atomic E-state index is 11.5. The Morgan fingerprint density at radius 1 is 1.06 bits per heavy atom. The van der Waals surface area contributed by atoms with E-state index in [4.69, 9.17) is 4.74 Å². The summed E-state index contributed by atoms with van der Waals surface area (Å²) >= 11 is 0. The summed E-state index contributed by atoms with van der Waals surface area (Å²) in [5, 5.41) is 14.8. The summed E-state index contributed by atoms with van der Waals surface area (Å²) in [6, 6.07) is 23.7. The van der Waals surface area contributed by atoms with E-state index in [-0.39, 0.29) is 10.6 Å². The quantitative estimate of drug-likeness (QED) is 0.403. The van der Waals surface area contributed by atoms with Crippen LogP contribution in [0.25, 0.3) is 0 Å². The van der Waals surface area contributed by atoms with E-state index < -0.39 is 0 Å². The van der Waals surface area contributed by atoms with Crippen molar-refractivity contribution in [2.75, 3.05) is 25.5 Å². The van der Waals surface area contributed by atoms with Crippen LogP contribution in [0.3, 0.4) is 0 Å². The molecule has 0 saturated carbocycles. The van der Waals surface area contributed by atoms with E-state index in [1.165, 1.54) is 5.56 Å². The summed E-state index contributed by atoms with van der Waals surface area (Å²) in [6.45, 7) is 3.45. The molecule has 0 bridgehead atoms. The average molecular weight is 418 g/mol. The minimum absolute atomic E-state index is 0.108. The van der Waals surface area contributed by atoms with Gasteiger partial charge in [-0.05, 0) is 53.8 Å². The Kier molecular flexibility index (Phi) is 6.48. The first-order chi connectivity index (χ1) is 15.1. The van der Waals surface area contributed by atoms with Gasteiger partial charge in [-0.2, -0.15) is 0 Å². The fourth-order valence-electron chi connectivity index (χ4n) is 4.14. The summed E-state index contributed by atoms with van der Waals surface area (Å²) in [6.07, 6.45) is 1.06. The standard InChI is InChI=1S/C25H27N3O3/c1-31-23-10-7-19(8-11-23)16-26-24-15-21(9-12-25(24)28(29)30)22-13-14-27(18-22)17-20-5-3-2-4-6-20/h2-12,15,22,26H,13-14,16-18H2,1H3. The lowest BCUT2D eigenvalue weighted by Gasteiger charge is -2.17. The van der Waals surface area contributed by atoms with Crippen LogP contribution in [0.4, 0.5) is 11.4 Å². The fourth-order valence-corrected chi connectivity index (χ4v) is 4.14. The zero-order valence-corrected chi connectivity index (χ0v) is 17.7. The van der Waals surface area contributed by atoms with Crippen LogP contribution in [0.5, 0.6) is 5.75 Å². The number of nitrogens with zero attached hydrogens (tertiary/aromatic N) is 2. The van der Waals surface area contributed by atoms with Gasteiger partial charge in [0.25, 0.3) is 5.69 Å². The van der Waals surface area contributed by atoms with Crippen molar-refractivity contribution in [3.8, 4) is 5.75 Å². The van der Waals surface area contributed by atoms with Crippen molar-refractivity contribution in [3.63, 3.8) is 0 Å². The molecule has 0 amide bonds. The lowest BCUT2D eigenvalue weighted by Crippen LogP contribution is -2.19. The predicted molar refractivity (Wildman–Crippen MR) is 122 cm³/mol. The van der Waals surface area contributed by atoms with Crippen molar-refractivity contribution in [1.82, 2.24) is 4.90 Å². The molecule has 1 saturated heterocycles. The largest absolute Gasteiger partial charge is 0.497 e. The number of likely N-dealkylation sites (tertiary alicyclic amines) is 1. The molecule has 3 aromatic carbocycles. The molecule has 0 aromatic heterocycles. The molecule has 4 rings (SSSR count). The molecule has 0 spiro atoms. The lowest BCUT2D eigenvalue weighted by atomic mass is 9.97. The summed E-state index contributed by atoms with van der Waals surface area (Å²) < 4.78 is 5.19. The van der Waals surface area contributed by atoms with Gasteiger partial charge in [0, 0.05) is 25.7 Å². The van der Waals surface area contributed by atoms with Crippen LogP contribution in [0.2, 0.25) is 0 Å². The molecular formula is C25H27N3O3. The molecule has 0 aliphatic carbocycles. The van der Waals surface area contributed by atoms with Crippen molar-refractivity contribution in [2.45, 2.75) is 25.4 Å². The van der Waals surface area contributed by atoms with Crippen molar-refractivity contribution in [2.24, 2.45) is 0 Å². The first kappa shape index (κ1) is 20.9. The topological polar surface area (TPSA) is 67.6 Å². The molecule has 1 heterocycles. The van der Waals surface area contributed by atoms with Crippen molar-refractivity contribution in [3.05, 3.63) is 99.6 Å². The maximum Gasteiger partial charge on any atom is 0.292 e. The number of methoxy groups -OCH3 is 1. The second kappa shape index (κ2) is 9.62. The van der Waals surface area contributed by atoms with Gasteiger partial charge in [-0.1, -0.05) is 48.5 Å². The van der Waals surface area contributed by atoms with Crippen LogP contribution in [-0.2, 0) is 13.1 Å². The zero-order valence-electron chi connectivity index (χ0n) is 17.7. The Hall–Kier alpha value is -3.38. The Bertz CT molecular complexity index is 1020. The van der Waals surface area contributed by atoms with Crippen molar-refractivity contribution in [1.29, 1.82) is 0 Å². The number of nitro benzene ring substituents is 1. The Morgan fingerprint density at radius 2 is 1.84 bits per heavy atom. The Morgan fingerprint density at radius 3 is 2.55 bits per heavy atom. The molecule has 1 aliphatic heterocycles. The van der Waals surface area contributed by atoms with Gasteiger partial charge < -0.3 is 10.1 Å². The van der Waals surface area contributed by atoms with Crippen molar-refractivity contribution < 1.29 is 9.66 Å². The van der Waals surface area contributed by atoms with Gasteiger partial charge in [-0.3, -0.25) is 15.0 Å². The fraction of sp³-hybridized carbons (Fsp3) is 0.280. The van der Waals surface area contributed by atoms with Crippen LogP contribution in [0.15, 0.2) is 72.8 Å². The van der Waals surface area contributed by atoms with Crippen LogP contribution >= 0.6 is 0 Å². The molecule has 0 radical (unpaired) electrons. The maximum absolute atomic E-state index is 11.5. The molecule has 31 heavy (non-hydrogen) atoms. The smallest absolute Gasteiger partial charge is 0.292 e. The van der Waals surface area contributed by atoms with E-state index in [0.29, 0.717) is 18.2 Å². The molecule has 1 unspecified atom stereocenters. The number of hydrogen-bond donors (Lipinski definition) is 1. The Labute approximate surface area is 182 Å². The normalized spacial score (nSPS) is 16.2. The number of nitrogens with one attached hydrogen (secondary N) is 1. The molecule has 160 valence electrons. The van der Waals surface area contributed by atoms with Crippen LogP contribution in [-0.4, -0.2) is 30.0 Å². The van der Waals surface area contributed by atoms with Crippen LogP contribution in [0.1, 0.15) is 29.0 Å². The average Bonchev–Trinajstić information content (AvgIpc) is 3.27. The van der Waals surface area contributed by atoms with Crippen LogP contribution < -0.4 is 10.1 Å². The molecule has 3 aromatic rings.